The number of carboxylic acids is 1. The molecule has 0 radical (unpaired) electrons. The van der Waals surface area contributed by atoms with Gasteiger partial charge in [0.05, 0.1) is 6.54 Å². The van der Waals surface area contributed by atoms with E-state index in [9.17, 15) is 9.59 Å². The molecule has 1 aromatic carbocycles. The first-order valence-electron chi connectivity index (χ1n) is 6.08. The molecule has 0 spiro atoms. The molecule has 0 fully saturated rings. The number of rotatable bonds is 7. The first-order valence-corrected chi connectivity index (χ1v) is 6.08. The average Bonchev–Trinajstić information content (AvgIpc) is 2.42. The number of urea groups is 1. The zero-order chi connectivity index (χ0) is 14.1. The zero-order valence-electron chi connectivity index (χ0n) is 10.8. The van der Waals surface area contributed by atoms with Gasteiger partial charge in [0.25, 0.3) is 0 Å². The quantitative estimate of drug-likeness (QED) is 0.648. The third kappa shape index (κ3) is 5.76. The lowest BCUT2D eigenvalue weighted by atomic mass is 10.2. The predicted molar refractivity (Wildman–Crippen MR) is 70.2 cm³/mol. The van der Waals surface area contributed by atoms with Crippen molar-refractivity contribution in [2.75, 3.05) is 13.2 Å². The fourth-order valence-corrected chi connectivity index (χ4v) is 1.40. The Bertz CT molecular complexity index is 408. The Morgan fingerprint density at radius 3 is 2.58 bits per heavy atom. The van der Waals surface area contributed by atoms with Crippen LogP contribution >= 0.6 is 0 Å². The average molecular weight is 266 g/mol. The van der Waals surface area contributed by atoms with E-state index in [1.54, 1.807) is 6.92 Å². The minimum atomic E-state index is -1.04. The van der Waals surface area contributed by atoms with Crippen LogP contribution in [0.15, 0.2) is 30.3 Å². The second-order valence-electron chi connectivity index (χ2n) is 3.86. The summed E-state index contributed by atoms with van der Waals surface area (Å²) in [6.45, 7) is 2.32. The summed E-state index contributed by atoms with van der Waals surface area (Å²) >= 11 is 0. The van der Waals surface area contributed by atoms with Gasteiger partial charge < -0.3 is 20.5 Å². The van der Waals surface area contributed by atoms with Gasteiger partial charge in [0.15, 0.2) is 0 Å². The van der Waals surface area contributed by atoms with Crippen LogP contribution < -0.4 is 15.4 Å². The maximum atomic E-state index is 11.4. The number of para-hydroxylation sites is 1. The number of ether oxygens (including phenoxy) is 1. The van der Waals surface area contributed by atoms with Gasteiger partial charge in [0, 0.05) is 0 Å². The van der Waals surface area contributed by atoms with Gasteiger partial charge in [0.2, 0.25) is 0 Å². The molecular formula is C13H18N2O4. The van der Waals surface area contributed by atoms with Crippen molar-refractivity contribution in [2.45, 2.75) is 19.4 Å². The van der Waals surface area contributed by atoms with Crippen LogP contribution in [-0.4, -0.2) is 36.3 Å². The Kier molecular flexibility index (Phi) is 6.21. The second-order valence-corrected chi connectivity index (χ2v) is 3.86. The number of carbonyl (C=O) groups is 2. The van der Waals surface area contributed by atoms with E-state index in [1.165, 1.54) is 0 Å². The number of carbonyl (C=O) groups excluding carboxylic acids is 1. The summed E-state index contributed by atoms with van der Waals surface area (Å²) in [6.07, 6.45) is 0.337. The fourth-order valence-electron chi connectivity index (χ4n) is 1.40. The highest BCUT2D eigenvalue weighted by molar-refractivity contribution is 5.82. The third-order valence-corrected chi connectivity index (χ3v) is 2.41. The number of hydrogen-bond donors (Lipinski definition) is 3. The van der Waals surface area contributed by atoms with Crippen molar-refractivity contribution >= 4 is 12.0 Å². The minimum absolute atomic E-state index is 0.302. The van der Waals surface area contributed by atoms with Crippen molar-refractivity contribution in [2.24, 2.45) is 0 Å². The molecule has 2 amide bonds. The molecule has 6 nitrogen and oxygen atoms in total. The normalized spacial score (nSPS) is 11.4. The molecule has 0 aliphatic heterocycles. The maximum Gasteiger partial charge on any atom is 0.326 e. The number of carboxylic acid groups (broad SMARTS) is 1. The molecule has 1 aromatic rings. The molecule has 0 saturated heterocycles. The summed E-state index contributed by atoms with van der Waals surface area (Å²) in [5, 5.41) is 13.7. The molecule has 104 valence electrons. The number of nitrogens with one attached hydrogen (secondary N) is 2. The molecule has 0 aromatic heterocycles. The van der Waals surface area contributed by atoms with Crippen LogP contribution in [0.2, 0.25) is 0 Å². The first-order chi connectivity index (χ1) is 9.13. The molecule has 0 saturated carbocycles. The largest absolute Gasteiger partial charge is 0.492 e. The van der Waals surface area contributed by atoms with E-state index < -0.39 is 18.0 Å². The number of benzene rings is 1. The molecule has 6 heteroatoms. The van der Waals surface area contributed by atoms with E-state index in [1.807, 2.05) is 30.3 Å². The van der Waals surface area contributed by atoms with Gasteiger partial charge in [-0.2, -0.15) is 0 Å². The van der Waals surface area contributed by atoms with Crippen LogP contribution in [0.3, 0.4) is 0 Å². The van der Waals surface area contributed by atoms with Crippen molar-refractivity contribution < 1.29 is 19.4 Å². The summed E-state index contributed by atoms with van der Waals surface area (Å²) in [5.74, 6) is -0.320. The Morgan fingerprint density at radius 1 is 1.32 bits per heavy atom. The summed E-state index contributed by atoms with van der Waals surface area (Å²) in [7, 11) is 0. The van der Waals surface area contributed by atoms with Crippen LogP contribution in [0.25, 0.3) is 0 Å². The van der Waals surface area contributed by atoms with Gasteiger partial charge in [-0.25, -0.2) is 9.59 Å². The van der Waals surface area contributed by atoms with Crippen LogP contribution in [0.5, 0.6) is 5.75 Å². The van der Waals surface area contributed by atoms with E-state index in [0.29, 0.717) is 19.6 Å². The molecule has 0 unspecified atom stereocenters. The van der Waals surface area contributed by atoms with Crippen molar-refractivity contribution in [3.63, 3.8) is 0 Å². The van der Waals surface area contributed by atoms with E-state index in [2.05, 4.69) is 10.6 Å². The molecule has 0 aliphatic rings. The highest BCUT2D eigenvalue weighted by Crippen LogP contribution is 2.07. The van der Waals surface area contributed by atoms with Crippen molar-refractivity contribution in [3.8, 4) is 5.75 Å². The summed E-state index contributed by atoms with van der Waals surface area (Å²) < 4.78 is 5.38. The van der Waals surface area contributed by atoms with Crippen LogP contribution in [0.4, 0.5) is 4.79 Å². The van der Waals surface area contributed by atoms with Crippen molar-refractivity contribution in [1.29, 1.82) is 0 Å². The molecular weight excluding hydrogens is 248 g/mol. The fraction of sp³-hybridized carbons (Fsp3) is 0.385. The van der Waals surface area contributed by atoms with Gasteiger partial charge in [0.1, 0.15) is 18.4 Å². The third-order valence-electron chi connectivity index (χ3n) is 2.41. The Hall–Kier alpha value is -2.24. The van der Waals surface area contributed by atoms with E-state index >= 15 is 0 Å². The number of aliphatic carboxylic acids is 1. The van der Waals surface area contributed by atoms with Crippen LogP contribution in [0, 0.1) is 0 Å². The topological polar surface area (TPSA) is 87.7 Å². The standard InChI is InChI=1S/C13H18N2O4/c1-2-11(12(16)17)15-13(18)14-8-9-19-10-6-4-3-5-7-10/h3-7,11H,2,8-9H2,1H3,(H,16,17)(H2,14,15,18)/t11-/m0/s1. The highest BCUT2D eigenvalue weighted by Gasteiger charge is 2.16. The lowest BCUT2D eigenvalue weighted by Gasteiger charge is -2.13. The monoisotopic (exact) mass is 266 g/mol. The van der Waals surface area contributed by atoms with Gasteiger partial charge in [-0.1, -0.05) is 25.1 Å². The van der Waals surface area contributed by atoms with Gasteiger partial charge in [-0.15, -0.1) is 0 Å². The smallest absolute Gasteiger partial charge is 0.326 e. The molecule has 1 atom stereocenters. The van der Waals surface area contributed by atoms with Gasteiger partial charge in [-0.05, 0) is 18.6 Å². The van der Waals surface area contributed by atoms with Crippen molar-refractivity contribution in [3.05, 3.63) is 30.3 Å². The molecule has 0 heterocycles. The summed E-state index contributed by atoms with van der Waals surface area (Å²) in [4.78, 5) is 22.1. The van der Waals surface area contributed by atoms with Crippen LogP contribution in [0.1, 0.15) is 13.3 Å². The van der Waals surface area contributed by atoms with Gasteiger partial charge >= 0.3 is 12.0 Å². The second kappa shape index (κ2) is 7.97. The summed E-state index contributed by atoms with van der Waals surface area (Å²) in [6, 6.07) is 7.85. The maximum absolute atomic E-state index is 11.4. The molecule has 0 bridgehead atoms. The lowest BCUT2D eigenvalue weighted by molar-refractivity contribution is -0.139. The summed E-state index contributed by atoms with van der Waals surface area (Å²) in [5.41, 5.74) is 0. The predicted octanol–water partition coefficient (Wildman–Crippen LogP) is 1.23. The molecule has 3 N–H and O–H groups in total. The molecule has 0 aliphatic carbocycles. The lowest BCUT2D eigenvalue weighted by Crippen LogP contribution is -2.46. The Balaban J connectivity index is 2.19. The molecule has 19 heavy (non-hydrogen) atoms. The van der Waals surface area contributed by atoms with Crippen molar-refractivity contribution in [1.82, 2.24) is 10.6 Å². The SMILES string of the molecule is CC[C@H](NC(=O)NCCOc1ccccc1)C(=O)O. The van der Waals surface area contributed by atoms with Gasteiger partial charge in [-0.3, -0.25) is 0 Å². The van der Waals surface area contributed by atoms with E-state index in [-0.39, 0.29) is 0 Å². The minimum Gasteiger partial charge on any atom is -0.492 e. The van der Waals surface area contributed by atoms with E-state index in [0.717, 1.165) is 5.75 Å². The number of amides is 2. The van der Waals surface area contributed by atoms with E-state index in [4.69, 9.17) is 9.84 Å². The zero-order valence-corrected chi connectivity index (χ0v) is 10.8. The Labute approximate surface area is 111 Å². The molecule has 1 rings (SSSR count). The number of hydrogen-bond acceptors (Lipinski definition) is 3. The first kappa shape index (κ1) is 14.8. The Morgan fingerprint density at radius 2 is 2.00 bits per heavy atom. The van der Waals surface area contributed by atoms with Crippen LogP contribution in [-0.2, 0) is 4.79 Å². The highest BCUT2D eigenvalue weighted by atomic mass is 16.5.